The molecule has 1 saturated heterocycles. The van der Waals surface area contributed by atoms with Crippen LogP contribution < -0.4 is 21.1 Å². The van der Waals surface area contributed by atoms with Gasteiger partial charge in [-0.25, -0.2) is 9.18 Å². The van der Waals surface area contributed by atoms with Gasteiger partial charge in [0.15, 0.2) is 0 Å². The molecule has 3 aromatic rings. The fourth-order valence-electron chi connectivity index (χ4n) is 5.59. The van der Waals surface area contributed by atoms with Crippen molar-refractivity contribution in [1.82, 2.24) is 4.90 Å². The number of urea groups is 1. The van der Waals surface area contributed by atoms with Crippen LogP contribution in [0.15, 0.2) is 66.7 Å². The molecule has 0 radical (unpaired) electrons. The second kappa shape index (κ2) is 12.8. The first kappa shape index (κ1) is 30.0. The van der Waals surface area contributed by atoms with Gasteiger partial charge in [-0.3, -0.25) is 4.79 Å². The standard InChI is InChI=1S/C33H36FN5O4/c1-42-26-11-9-25(10-12-26)37-32(41)39-20-27(43-2)18-30(39)31(40)38-29-17-24(8-13-28(29)34)33(36,15-14-21-6-7-21)23-5-3-4-22(16-23)19-35/h3-5,8-13,16-17,21,27,30H,6-7,14-15,18,20,36H2,1-2H3,(H,37,41)(H,38,40)/t27-,30-,33?/m1/s1. The topological polar surface area (TPSA) is 130 Å². The number of halogens is 1. The predicted octanol–water partition coefficient (Wildman–Crippen LogP) is 5.36. The third kappa shape index (κ3) is 6.79. The maximum Gasteiger partial charge on any atom is 0.322 e. The highest BCUT2D eigenvalue weighted by molar-refractivity contribution is 6.00. The number of ether oxygens (including phenoxy) is 2. The number of hydrogen-bond acceptors (Lipinski definition) is 6. The maximum absolute atomic E-state index is 15.2. The minimum atomic E-state index is -0.999. The van der Waals surface area contributed by atoms with Gasteiger partial charge in [-0.1, -0.05) is 31.0 Å². The van der Waals surface area contributed by atoms with Crippen molar-refractivity contribution < 1.29 is 23.5 Å². The summed E-state index contributed by atoms with van der Waals surface area (Å²) < 4.78 is 25.8. The number of carbonyl (C=O) groups is 2. The van der Waals surface area contributed by atoms with E-state index in [1.165, 1.54) is 18.1 Å². The SMILES string of the molecule is COc1ccc(NC(=O)N2C[C@H](OC)C[C@@H]2C(=O)Nc2cc(C(N)(CCC3CC3)c3cccc(C#N)c3)ccc2F)cc1. The van der Waals surface area contributed by atoms with Crippen LogP contribution >= 0.6 is 0 Å². The van der Waals surface area contributed by atoms with Gasteiger partial charge in [0.05, 0.1) is 36.1 Å². The number of nitrogens with zero attached hydrogens (tertiary/aromatic N) is 2. The van der Waals surface area contributed by atoms with E-state index in [0.717, 1.165) is 24.8 Å². The molecular weight excluding hydrogens is 549 g/mol. The zero-order chi connectivity index (χ0) is 30.6. The van der Waals surface area contributed by atoms with Crippen molar-refractivity contribution in [1.29, 1.82) is 5.26 Å². The molecule has 9 nitrogen and oxygen atoms in total. The van der Waals surface area contributed by atoms with Crippen LogP contribution in [0.2, 0.25) is 0 Å². The summed E-state index contributed by atoms with van der Waals surface area (Å²) >= 11 is 0. The molecule has 0 spiro atoms. The summed E-state index contributed by atoms with van der Waals surface area (Å²) in [7, 11) is 3.08. The van der Waals surface area contributed by atoms with Crippen LogP contribution in [0.4, 0.5) is 20.6 Å². The van der Waals surface area contributed by atoms with E-state index >= 15 is 4.39 Å². The number of nitrogens with one attached hydrogen (secondary N) is 2. The van der Waals surface area contributed by atoms with E-state index < -0.39 is 29.3 Å². The second-order valence-corrected chi connectivity index (χ2v) is 11.3. The number of methoxy groups -OCH3 is 2. The third-order valence-electron chi connectivity index (χ3n) is 8.39. The van der Waals surface area contributed by atoms with E-state index in [9.17, 15) is 14.9 Å². The van der Waals surface area contributed by atoms with E-state index in [1.807, 2.05) is 6.07 Å². The number of carbonyl (C=O) groups excluding carboxylic acids is 2. The number of nitrogens with two attached hydrogens (primary N) is 1. The number of likely N-dealkylation sites (tertiary alicyclic amines) is 1. The normalized spacial score (nSPS) is 19.3. The molecule has 0 bridgehead atoms. The maximum atomic E-state index is 15.2. The van der Waals surface area contributed by atoms with Gasteiger partial charge in [-0.05, 0) is 78.4 Å². The number of hydrogen-bond donors (Lipinski definition) is 3. The lowest BCUT2D eigenvalue weighted by molar-refractivity contribution is -0.119. The fraction of sp³-hybridized carbons (Fsp3) is 0.364. The van der Waals surface area contributed by atoms with E-state index in [1.54, 1.807) is 61.7 Å². The lowest BCUT2D eigenvalue weighted by Crippen LogP contribution is -2.45. The van der Waals surface area contributed by atoms with E-state index in [0.29, 0.717) is 34.9 Å². The fourth-order valence-corrected chi connectivity index (χ4v) is 5.59. The first-order valence-electron chi connectivity index (χ1n) is 14.4. The van der Waals surface area contributed by atoms with Gasteiger partial charge in [0.25, 0.3) is 0 Å². The van der Waals surface area contributed by atoms with E-state index in [-0.39, 0.29) is 24.8 Å². The molecule has 4 N–H and O–H groups in total. The lowest BCUT2D eigenvalue weighted by Gasteiger charge is -2.32. The minimum absolute atomic E-state index is 0.0310. The van der Waals surface area contributed by atoms with Gasteiger partial charge in [0.1, 0.15) is 17.6 Å². The van der Waals surface area contributed by atoms with Crippen molar-refractivity contribution in [2.24, 2.45) is 11.7 Å². The average molecular weight is 586 g/mol. The molecule has 43 heavy (non-hydrogen) atoms. The third-order valence-corrected chi connectivity index (χ3v) is 8.39. The Morgan fingerprint density at radius 1 is 1.07 bits per heavy atom. The number of rotatable bonds is 10. The van der Waals surface area contributed by atoms with Gasteiger partial charge in [0, 0.05) is 25.8 Å². The van der Waals surface area contributed by atoms with Gasteiger partial charge in [0.2, 0.25) is 5.91 Å². The highest BCUT2D eigenvalue weighted by Crippen LogP contribution is 2.40. The van der Waals surface area contributed by atoms with E-state index in [2.05, 4.69) is 16.7 Å². The van der Waals surface area contributed by atoms with Crippen LogP contribution in [0.25, 0.3) is 0 Å². The molecule has 1 saturated carbocycles. The predicted molar refractivity (Wildman–Crippen MR) is 161 cm³/mol. The Morgan fingerprint density at radius 3 is 2.49 bits per heavy atom. The lowest BCUT2D eigenvalue weighted by atomic mass is 9.79. The van der Waals surface area contributed by atoms with Crippen LogP contribution in [0.5, 0.6) is 5.75 Å². The molecule has 224 valence electrons. The van der Waals surface area contributed by atoms with Gasteiger partial charge >= 0.3 is 6.03 Å². The summed E-state index contributed by atoms with van der Waals surface area (Å²) in [4.78, 5) is 28.2. The smallest absolute Gasteiger partial charge is 0.322 e. The Labute approximate surface area is 250 Å². The van der Waals surface area contributed by atoms with Crippen LogP contribution in [-0.2, 0) is 15.1 Å². The molecule has 1 unspecified atom stereocenters. The molecule has 3 aromatic carbocycles. The minimum Gasteiger partial charge on any atom is -0.497 e. The molecule has 2 fully saturated rings. The number of benzene rings is 3. The van der Waals surface area contributed by atoms with Crippen molar-refractivity contribution in [3.63, 3.8) is 0 Å². The molecule has 0 aromatic heterocycles. The molecule has 3 amide bonds. The monoisotopic (exact) mass is 585 g/mol. The van der Waals surface area contributed by atoms with Crippen molar-refractivity contribution in [3.05, 3.63) is 89.2 Å². The summed E-state index contributed by atoms with van der Waals surface area (Å²) in [5.74, 6) is 0.0928. The molecule has 10 heteroatoms. The molecule has 5 rings (SSSR count). The summed E-state index contributed by atoms with van der Waals surface area (Å²) in [5, 5.41) is 15.0. The number of anilines is 2. The Hall–Kier alpha value is -4.46. The summed E-state index contributed by atoms with van der Waals surface area (Å²) in [6, 6.07) is 19.2. The molecule has 1 heterocycles. The summed E-state index contributed by atoms with van der Waals surface area (Å²) in [5.41, 5.74) is 8.43. The molecular formula is C33H36FN5O4. The van der Waals surface area contributed by atoms with Crippen LogP contribution in [0, 0.1) is 23.1 Å². The van der Waals surface area contributed by atoms with E-state index in [4.69, 9.17) is 15.2 Å². The van der Waals surface area contributed by atoms with Crippen molar-refractivity contribution >= 4 is 23.3 Å². The van der Waals surface area contributed by atoms with Crippen LogP contribution in [-0.4, -0.2) is 49.7 Å². The van der Waals surface area contributed by atoms with Gasteiger partial charge < -0.3 is 30.7 Å². The summed E-state index contributed by atoms with van der Waals surface area (Å²) in [6.07, 6.45) is 3.70. The summed E-state index contributed by atoms with van der Waals surface area (Å²) in [6.45, 7) is 0.196. The highest BCUT2D eigenvalue weighted by atomic mass is 19.1. The highest BCUT2D eigenvalue weighted by Gasteiger charge is 2.40. The molecule has 3 atom stereocenters. The zero-order valence-corrected chi connectivity index (χ0v) is 24.3. The average Bonchev–Trinajstić information content (AvgIpc) is 3.76. The van der Waals surface area contributed by atoms with Crippen LogP contribution in [0.3, 0.4) is 0 Å². The first-order valence-corrected chi connectivity index (χ1v) is 14.4. The Balaban J connectivity index is 1.38. The Bertz CT molecular complexity index is 1520. The molecule has 1 aliphatic carbocycles. The molecule has 1 aliphatic heterocycles. The number of nitriles is 1. The second-order valence-electron chi connectivity index (χ2n) is 11.3. The largest absolute Gasteiger partial charge is 0.497 e. The molecule has 2 aliphatic rings. The number of amides is 3. The van der Waals surface area contributed by atoms with Gasteiger partial charge in [-0.2, -0.15) is 5.26 Å². The van der Waals surface area contributed by atoms with Gasteiger partial charge in [-0.15, -0.1) is 0 Å². The van der Waals surface area contributed by atoms with Crippen molar-refractivity contribution in [2.45, 2.75) is 49.8 Å². The Morgan fingerprint density at radius 2 is 1.81 bits per heavy atom. The quantitative estimate of drug-likeness (QED) is 0.294. The Kier molecular flexibility index (Phi) is 8.94. The van der Waals surface area contributed by atoms with Crippen LogP contribution in [0.1, 0.15) is 48.8 Å². The first-order chi connectivity index (χ1) is 20.7. The zero-order valence-electron chi connectivity index (χ0n) is 24.3. The van der Waals surface area contributed by atoms with Crippen molar-refractivity contribution in [2.75, 3.05) is 31.4 Å². The van der Waals surface area contributed by atoms with Crippen molar-refractivity contribution in [3.8, 4) is 11.8 Å².